The average molecular weight is 305 g/mol. The Morgan fingerprint density at radius 1 is 1.29 bits per heavy atom. The Morgan fingerprint density at radius 2 is 2.05 bits per heavy atom. The lowest BCUT2D eigenvalue weighted by atomic mass is 10.2. The molecule has 112 valence electrons. The molecule has 0 spiro atoms. The number of carbonyl (C=O) groups is 1. The molecule has 0 aliphatic carbocycles. The van der Waals surface area contributed by atoms with E-state index in [2.05, 4.69) is 4.98 Å². The predicted molar refractivity (Wildman–Crippen MR) is 83.1 cm³/mol. The van der Waals surface area contributed by atoms with Crippen LogP contribution < -0.4 is 4.74 Å². The van der Waals surface area contributed by atoms with Crippen LogP contribution in [-0.2, 0) is 17.6 Å². The van der Waals surface area contributed by atoms with Gasteiger partial charge in [-0.05, 0) is 31.9 Å². The van der Waals surface area contributed by atoms with Crippen molar-refractivity contribution in [3.05, 3.63) is 45.9 Å². The van der Waals surface area contributed by atoms with Gasteiger partial charge in [0.05, 0.1) is 23.7 Å². The van der Waals surface area contributed by atoms with E-state index in [-0.39, 0.29) is 6.42 Å². The maximum Gasteiger partial charge on any atom is 0.303 e. The van der Waals surface area contributed by atoms with E-state index in [1.165, 1.54) is 0 Å². The second-order valence-electron chi connectivity index (χ2n) is 4.77. The van der Waals surface area contributed by atoms with Gasteiger partial charge in [-0.1, -0.05) is 18.2 Å². The highest BCUT2D eigenvalue weighted by Crippen LogP contribution is 2.21. The SMILES string of the molecule is Cc1nc(CCCOc2ccccc2)sc1CCC(=O)O. The fraction of sp³-hybridized carbons (Fsp3) is 0.375. The minimum absolute atomic E-state index is 0.166. The highest BCUT2D eigenvalue weighted by molar-refractivity contribution is 7.11. The highest BCUT2D eigenvalue weighted by atomic mass is 32.1. The van der Waals surface area contributed by atoms with Crippen LogP contribution in [0.3, 0.4) is 0 Å². The molecule has 1 N–H and O–H groups in total. The van der Waals surface area contributed by atoms with E-state index in [4.69, 9.17) is 9.84 Å². The van der Waals surface area contributed by atoms with Gasteiger partial charge in [0.15, 0.2) is 0 Å². The topological polar surface area (TPSA) is 59.4 Å². The molecule has 0 aliphatic heterocycles. The summed E-state index contributed by atoms with van der Waals surface area (Å²) in [7, 11) is 0. The van der Waals surface area contributed by atoms with Gasteiger partial charge in [0.2, 0.25) is 0 Å². The van der Waals surface area contributed by atoms with Crippen molar-refractivity contribution in [1.82, 2.24) is 4.98 Å². The normalized spacial score (nSPS) is 10.5. The number of aliphatic carboxylic acids is 1. The summed E-state index contributed by atoms with van der Waals surface area (Å²) in [6, 6.07) is 9.75. The van der Waals surface area contributed by atoms with Gasteiger partial charge in [-0.2, -0.15) is 0 Å². The second-order valence-corrected chi connectivity index (χ2v) is 5.94. The van der Waals surface area contributed by atoms with Crippen LogP contribution in [0.15, 0.2) is 30.3 Å². The smallest absolute Gasteiger partial charge is 0.303 e. The van der Waals surface area contributed by atoms with E-state index < -0.39 is 5.97 Å². The Kier molecular flexibility index (Phi) is 5.75. The van der Waals surface area contributed by atoms with E-state index >= 15 is 0 Å². The minimum Gasteiger partial charge on any atom is -0.494 e. The molecule has 0 radical (unpaired) electrons. The molecule has 0 amide bonds. The minimum atomic E-state index is -0.763. The molecule has 0 fully saturated rings. The molecule has 4 nitrogen and oxygen atoms in total. The van der Waals surface area contributed by atoms with Crippen LogP contribution in [0.1, 0.15) is 28.4 Å². The molecular formula is C16H19NO3S. The first-order chi connectivity index (χ1) is 10.1. The molecule has 0 bridgehead atoms. The van der Waals surface area contributed by atoms with Crippen molar-refractivity contribution in [1.29, 1.82) is 0 Å². The number of benzene rings is 1. The van der Waals surface area contributed by atoms with E-state index in [0.717, 1.165) is 34.2 Å². The van der Waals surface area contributed by atoms with E-state index in [9.17, 15) is 4.79 Å². The van der Waals surface area contributed by atoms with E-state index in [1.807, 2.05) is 37.3 Å². The van der Waals surface area contributed by atoms with Crippen molar-refractivity contribution in [3.8, 4) is 5.75 Å². The number of carboxylic acid groups (broad SMARTS) is 1. The number of aryl methyl sites for hydroxylation is 3. The third-order valence-electron chi connectivity index (χ3n) is 3.05. The molecule has 1 aromatic carbocycles. The molecule has 0 aliphatic rings. The summed E-state index contributed by atoms with van der Waals surface area (Å²) < 4.78 is 5.64. The van der Waals surface area contributed by atoms with E-state index in [1.54, 1.807) is 11.3 Å². The molecule has 2 rings (SSSR count). The van der Waals surface area contributed by atoms with Crippen LogP contribution in [0, 0.1) is 6.92 Å². The Morgan fingerprint density at radius 3 is 2.76 bits per heavy atom. The van der Waals surface area contributed by atoms with Gasteiger partial charge >= 0.3 is 5.97 Å². The van der Waals surface area contributed by atoms with Crippen molar-refractivity contribution in [2.24, 2.45) is 0 Å². The monoisotopic (exact) mass is 305 g/mol. The Balaban J connectivity index is 1.76. The number of nitrogens with zero attached hydrogens (tertiary/aromatic N) is 1. The Bertz CT molecular complexity index is 580. The van der Waals surface area contributed by atoms with Crippen LogP contribution in [0.4, 0.5) is 0 Å². The number of aromatic nitrogens is 1. The van der Waals surface area contributed by atoms with Crippen LogP contribution in [0.5, 0.6) is 5.75 Å². The zero-order valence-corrected chi connectivity index (χ0v) is 12.9. The zero-order valence-electron chi connectivity index (χ0n) is 12.0. The summed E-state index contributed by atoms with van der Waals surface area (Å²) in [5.41, 5.74) is 0.959. The molecule has 0 saturated carbocycles. The number of para-hydroxylation sites is 1. The number of hydrogen-bond acceptors (Lipinski definition) is 4. The lowest BCUT2D eigenvalue weighted by Crippen LogP contribution is -1.99. The van der Waals surface area contributed by atoms with Crippen LogP contribution in [-0.4, -0.2) is 22.7 Å². The van der Waals surface area contributed by atoms with E-state index in [0.29, 0.717) is 13.0 Å². The number of thiazole rings is 1. The molecule has 0 atom stereocenters. The maximum absolute atomic E-state index is 10.6. The summed E-state index contributed by atoms with van der Waals surface area (Å²) in [6.07, 6.45) is 2.50. The number of hydrogen-bond donors (Lipinski definition) is 1. The first kappa shape index (κ1) is 15.5. The standard InChI is InChI=1S/C16H19NO3S/c1-12-14(9-10-16(18)19)21-15(17-12)8-5-11-20-13-6-3-2-4-7-13/h2-4,6-7H,5,8-11H2,1H3,(H,18,19). The van der Waals surface area contributed by atoms with Crippen molar-refractivity contribution in [2.75, 3.05) is 6.61 Å². The van der Waals surface area contributed by atoms with Gasteiger partial charge in [-0.15, -0.1) is 11.3 Å². The number of ether oxygens (including phenoxy) is 1. The molecule has 1 heterocycles. The van der Waals surface area contributed by atoms with Gasteiger partial charge < -0.3 is 9.84 Å². The Hall–Kier alpha value is -1.88. The first-order valence-electron chi connectivity index (χ1n) is 7.00. The third-order valence-corrected chi connectivity index (χ3v) is 4.33. The molecule has 2 aromatic rings. The molecule has 21 heavy (non-hydrogen) atoms. The summed E-state index contributed by atoms with van der Waals surface area (Å²) in [5, 5.41) is 9.78. The van der Waals surface area contributed by atoms with Crippen molar-refractivity contribution >= 4 is 17.3 Å². The third kappa shape index (κ3) is 5.19. The lowest BCUT2D eigenvalue weighted by Gasteiger charge is -2.04. The summed E-state index contributed by atoms with van der Waals surface area (Å²) >= 11 is 1.62. The summed E-state index contributed by atoms with van der Waals surface area (Å²) in [6.45, 7) is 2.60. The first-order valence-corrected chi connectivity index (χ1v) is 7.81. The van der Waals surface area contributed by atoms with Crippen molar-refractivity contribution in [3.63, 3.8) is 0 Å². The van der Waals surface area contributed by atoms with Crippen LogP contribution >= 0.6 is 11.3 Å². The maximum atomic E-state index is 10.6. The lowest BCUT2D eigenvalue weighted by molar-refractivity contribution is -0.136. The number of carboxylic acids is 1. The molecule has 1 aromatic heterocycles. The highest BCUT2D eigenvalue weighted by Gasteiger charge is 2.09. The van der Waals surface area contributed by atoms with Crippen LogP contribution in [0.25, 0.3) is 0 Å². The molecule has 0 unspecified atom stereocenters. The number of rotatable bonds is 8. The van der Waals surface area contributed by atoms with Gasteiger partial charge in [0.1, 0.15) is 5.75 Å². The summed E-state index contributed by atoms with van der Waals surface area (Å²) in [4.78, 5) is 16.2. The van der Waals surface area contributed by atoms with Crippen molar-refractivity contribution in [2.45, 2.75) is 32.6 Å². The fourth-order valence-corrected chi connectivity index (χ4v) is 3.09. The van der Waals surface area contributed by atoms with Gasteiger partial charge in [-0.25, -0.2) is 4.98 Å². The molecule has 5 heteroatoms. The van der Waals surface area contributed by atoms with Gasteiger partial charge in [0.25, 0.3) is 0 Å². The van der Waals surface area contributed by atoms with Crippen LogP contribution in [0.2, 0.25) is 0 Å². The molecular weight excluding hydrogens is 286 g/mol. The Labute approximate surface area is 128 Å². The predicted octanol–water partition coefficient (Wildman–Crippen LogP) is 3.48. The quantitative estimate of drug-likeness (QED) is 0.759. The largest absolute Gasteiger partial charge is 0.494 e. The average Bonchev–Trinajstić information content (AvgIpc) is 2.83. The summed E-state index contributed by atoms with van der Waals surface area (Å²) in [5.74, 6) is 0.121. The zero-order chi connectivity index (χ0) is 15.1. The second kappa shape index (κ2) is 7.78. The van der Waals surface area contributed by atoms with Gasteiger partial charge in [0, 0.05) is 11.3 Å². The molecule has 0 saturated heterocycles. The van der Waals surface area contributed by atoms with Crippen molar-refractivity contribution < 1.29 is 14.6 Å². The fourth-order valence-electron chi connectivity index (χ4n) is 1.98. The van der Waals surface area contributed by atoms with Gasteiger partial charge in [-0.3, -0.25) is 4.79 Å².